The molecule has 3 aromatic heterocycles. The number of fused-ring (bicyclic) bond motifs is 2. The van der Waals surface area contributed by atoms with E-state index in [1.54, 1.807) is 10.7 Å². The monoisotopic (exact) mass is 456 g/mol. The molecule has 9 nitrogen and oxygen atoms in total. The predicted molar refractivity (Wildman–Crippen MR) is 113 cm³/mol. The van der Waals surface area contributed by atoms with Crippen molar-refractivity contribution in [1.82, 2.24) is 34.4 Å². The Bertz CT molecular complexity index is 1100. The van der Waals surface area contributed by atoms with Gasteiger partial charge >= 0.3 is 6.01 Å². The molecule has 2 N–H and O–H groups in total. The first-order valence-electron chi connectivity index (χ1n) is 9.70. The first kappa shape index (κ1) is 18.3. The number of hydrogen-bond acceptors (Lipinski definition) is 7. The Morgan fingerprint density at radius 2 is 2.00 bits per heavy atom. The van der Waals surface area contributed by atoms with Crippen molar-refractivity contribution in [1.29, 1.82) is 0 Å². The fourth-order valence-corrected chi connectivity index (χ4v) is 3.88. The molecular formula is C19H21BrN8O. The summed E-state index contributed by atoms with van der Waals surface area (Å²) < 4.78 is 8.29. The number of hydrogen-bond donors (Lipinski definition) is 2. The summed E-state index contributed by atoms with van der Waals surface area (Å²) >= 11 is 3.49. The van der Waals surface area contributed by atoms with Gasteiger partial charge in [0.05, 0.1) is 28.2 Å². The van der Waals surface area contributed by atoms with Gasteiger partial charge in [0.15, 0.2) is 5.65 Å². The number of rotatable bonds is 7. The van der Waals surface area contributed by atoms with Gasteiger partial charge in [-0.2, -0.15) is 19.6 Å². The Balaban J connectivity index is 1.33. The molecule has 0 bridgehead atoms. The van der Waals surface area contributed by atoms with Crippen LogP contribution in [0.2, 0.25) is 0 Å². The van der Waals surface area contributed by atoms with Crippen LogP contribution in [0.25, 0.3) is 16.7 Å². The molecule has 4 aromatic rings. The highest BCUT2D eigenvalue weighted by molar-refractivity contribution is 9.10. The van der Waals surface area contributed by atoms with Crippen LogP contribution in [0.1, 0.15) is 18.7 Å². The van der Waals surface area contributed by atoms with Crippen LogP contribution in [0.5, 0.6) is 6.01 Å². The summed E-state index contributed by atoms with van der Waals surface area (Å²) in [5.41, 5.74) is 2.60. The average Bonchev–Trinajstić information content (AvgIpc) is 3.46. The molecule has 1 aliphatic rings. The standard InChI is InChI=1S/C19H21BrN8O/c20-13-11-22-28-17(13)25-19(29-10-9-27-7-3-4-8-27)26-18(28)21-12-16-23-14-5-1-2-6-15(14)24-16/h1-2,5-6,11H,3-4,7-10,12H2,(H,23,24)(H,21,25,26). The molecule has 29 heavy (non-hydrogen) atoms. The normalized spacial score (nSPS) is 14.8. The zero-order chi connectivity index (χ0) is 19.6. The summed E-state index contributed by atoms with van der Waals surface area (Å²) in [6, 6.07) is 8.28. The molecule has 150 valence electrons. The fraction of sp³-hybridized carbons (Fsp3) is 0.368. The number of nitrogens with zero attached hydrogens (tertiary/aromatic N) is 6. The average molecular weight is 457 g/mol. The lowest BCUT2D eigenvalue weighted by Crippen LogP contribution is -2.25. The predicted octanol–water partition coefficient (Wildman–Crippen LogP) is 2.85. The second-order valence-corrected chi connectivity index (χ2v) is 7.86. The van der Waals surface area contributed by atoms with Crippen LogP contribution >= 0.6 is 15.9 Å². The number of imidazole rings is 1. The van der Waals surface area contributed by atoms with Crippen molar-refractivity contribution in [3.8, 4) is 6.01 Å². The number of nitrogens with one attached hydrogen (secondary N) is 2. The largest absolute Gasteiger partial charge is 0.462 e. The Labute approximate surface area is 175 Å². The molecule has 4 heterocycles. The highest BCUT2D eigenvalue weighted by Gasteiger charge is 2.15. The molecule has 0 saturated carbocycles. The van der Waals surface area contributed by atoms with Gasteiger partial charge in [-0.05, 0) is 54.0 Å². The van der Waals surface area contributed by atoms with Crippen molar-refractivity contribution in [3.63, 3.8) is 0 Å². The van der Waals surface area contributed by atoms with Gasteiger partial charge in [0, 0.05) is 6.54 Å². The number of halogens is 1. The van der Waals surface area contributed by atoms with Crippen LogP contribution < -0.4 is 10.1 Å². The van der Waals surface area contributed by atoms with Crippen LogP contribution in [-0.4, -0.2) is 60.7 Å². The number of likely N-dealkylation sites (tertiary alicyclic amines) is 1. The van der Waals surface area contributed by atoms with E-state index in [9.17, 15) is 0 Å². The lowest BCUT2D eigenvalue weighted by atomic mass is 10.3. The minimum absolute atomic E-state index is 0.338. The minimum Gasteiger partial charge on any atom is -0.462 e. The van der Waals surface area contributed by atoms with E-state index >= 15 is 0 Å². The summed E-state index contributed by atoms with van der Waals surface area (Å²) in [7, 11) is 0. The molecule has 0 radical (unpaired) electrons. The van der Waals surface area contributed by atoms with Gasteiger partial charge in [-0.25, -0.2) is 4.98 Å². The van der Waals surface area contributed by atoms with Crippen LogP contribution in [0.15, 0.2) is 34.9 Å². The van der Waals surface area contributed by atoms with E-state index in [-0.39, 0.29) is 0 Å². The quantitative estimate of drug-likeness (QED) is 0.441. The maximum atomic E-state index is 5.85. The van der Waals surface area contributed by atoms with Crippen molar-refractivity contribution in [2.24, 2.45) is 0 Å². The first-order chi connectivity index (χ1) is 14.3. The number of anilines is 1. The van der Waals surface area contributed by atoms with Crippen LogP contribution in [0.4, 0.5) is 5.95 Å². The Morgan fingerprint density at radius 1 is 1.14 bits per heavy atom. The number of aromatic amines is 1. The Hall–Kier alpha value is -2.72. The van der Waals surface area contributed by atoms with Crippen molar-refractivity contribution in [3.05, 3.63) is 40.8 Å². The van der Waals surface area contributed by atoms with Gasteiger partial charge < -0.3 is 15.0 Å². The molecule has 1 saturated heterocycles. The van der Waals surface area contributed by atoms with Crippen LogP contribution in [-0.2, 0) is 6.54 Å². The summed E-state index contributed by atoms with van der Waals surface area (Å²) in [5.74, 6) is 1.37. The Kier molecular flexibility index (Phi) is 5.03. The SMILES string of the molecule is Brc1cnn2c(NCc3nc4ccccc4[nH]3)nc(OCCN3CCCC3)nc12. The summed E-state index contributed by atoms with van der Waals surface area (Å²) in [4.78, 5) is 19.3. The van der Waals surface area contributed by atoms with Gasteiger partial charge in [-0.1, -0.05) is 12.1 Å². The molecule has 1 aromatic carbocycles. The topological polar surface area (TPSA) is 96.3 Å². The van der Waals surface area contributed by atoms with E-state index in [1.165, 1.54) is 12.8 Å². The minimum atomic E-state index is 0.338. The zero-order valence-corrected chi connectivity index (χ0v) is 17.4. The fourth-order valence-electron chi connectivity index (χ4n) is 3.53. The maximum absolute atomic E-state index is 5.85. The molecule has 0 atom stereocenters. The maximum Gasteiger partial charge on any atom is 0.321 e. The highest BCUT2D eigenvalue weighted by atomic mass is 79.9. The van der Waals surface area contributed by atoms with Gasteiger partial charge in [0.25, 0.3) is 0 Å². The lowest BCUT2D eigenvalue weighted by Gasteiger charge is -2.14. The number of para-hydroxylation sites is 2. The third-order valence-electron chi connectivity index (χ3n) is 4.99. The van der Waals surface area contributed by atoms with Crippen LogP contribution in [0.3, 0.4) is 0 Å². The van der Waals surface area contributed by atoms with Gasteiger partial charge in [-0.3, -0.25) is 4.90 Å². The van der Waals surface area contributed by atoms with Crippen molar-refractivity contribution in [2.75, 3.05) is 31.6 Å². The number of benzene rings is 1. The van der Waals surface area contributed by atoms with E-state index in [1.807, 2.05) is 24.3 Å². The third-order valence-corrected chi connectivity index (χ3v) is 5.55. The van der Waals surface area contributed by atoms with Crippen molar-refractivity contribution < 1.29 is 4.74 Å². The second-order valence-electron chi connectivity index (χ2n) is 7.01. The molecule has 0 aliphatic carbocycles. The lowest BCUT2D eigenvalue weighted by molar-refractivity contribution is 0.225. The molecule has 0 spiro atoms. The molecular weight excluding hydrogens is 436 g/mol. The van der Waals surface area contributed by atoms with E-state index in [4.69, 9.17) is 4.74 Å². The molecule has 1 aliphatic heterocycles. The third kappa shape index (κ3) is 3.90. The van der Waals surface area contributed by atoms with Crippen LogP contribution in [0, 0.1) is 0 Å². The molecule has 0 unspecified atom stereocenters. The zero-order valence-electron chi connectivity index (χ0n) is 15.8. The molecule has 1 fully saturated rings. The van der Waals surface area contributed by atoms with E-state index in [2.05, 4.69) is 51.2 Å². The van der Waals surface area contributed by atoms with Gasteiger partial charge in [0.1, 0.15) is 12.4 Å². The molecule has 0 amide bonds. The number of H-pyrrole nitrogens is 1. The summed E-state index contributed by atoms with van der Waals surface area (Å²) in [6.07, 6.45) is 4.23. The van der Waals surface area contributed by atoms with Crippen molar-refractivity contribution >= 4 is 38.6 Å². The molecule has 10 heteroatoms. The first-order valence-corrected chi connectivity index (χ1v) is 10.5. The van der Waals surface area contributed by atoms with Gasteiger partial charge in [-0.15, -0.1) is 0 Å². The summed E-state index contributed by atoms with van der Waals surface area (Å²) in [5, 5.41) is 7.64. The van der Waals surface area contributed by atoms with E-state index in [0.29, 0.717) is 30.8 Å². The van der Waals surface area contributed by atoms with Crippen molar-refractivity contribution in [2.45, 2.75) is 19.4 Å². The second kappa shape index (κ2) is 7.96. The smallest absolute Gasteiger partial charge is 0.321 e. The number of ether oxygens (including phenoxy) is 1. The van der Waals surface area contributed by atoms with Gasteiger partial charge in [0.2, 0.25) is 5.95 Å². The van der Waals surface area contributed by atoms with E-state index in [0.717, 1.165) is 41.0 Å². The summed E-state index contributed by atoms with van der Waals surface area (Å²) in [6.45, 7) is 4.20. The van der Waals surface area contributed by atoms with E-state index < -0.39 is 0 Å². The molecule has 5 rings (SSSR count). The highest BCUT2D eigenvalue weighted by Crippen LogP contribution is 2.21. The Morgan fingerprint density at radius 3 is 2.86 bits per heavy atom. The number of aromatic nitrogens is 6.